The number of carbonyl (C=O) groups is 1. The summed E-state index contributed by atoms with van der Waals surface area (Å²) < 4.78 is 0. The standard InChI is InChI=1S/C19H22N6O/c1-3-4-13-25-23-18(22-24-25)15-9-11-16(12-10-15)20-19(26)21-17-8-6-5-7-14(17)2/h5-12H,3-4,13H2,1-2H3,(H2,20,21,26). The third-order valence-corrected chi connectivity index (χ3v) is 3.96. The number of aryl methyl sites for hydroxylation is 2. The number of tetrazole rings is 1. The second-order valence-corrected chi connectivity index (χ2v) is 6.03. The van der Waals surface area contributed by atoms with Crippen molar-refractivity contribution in [2.45, 2.75) is 33.2 Å². The summed E-state index contributed by atoms with van der Waals surface area (Å²) in [6, 6.07) is 14.7. The van der Waals surface area contributed by atoms with Gasteiger partial charge in [-0.2, -0.15) is 4.80 Å². The van der Waals surface area contributed by atoms with Crippen molar-refractivity contribution in [1.82, 2.24) is 20.2 Å². The summed E-state index contributed by atoms with van der Waals surface area (Å²) in [4.78, 5) is 13.7. The van der Waals surface area contributed by atoms with Gasteiger partial charge in [0.1, 0.15) is 0 Å². The molecule has 2 amide bonds. The van der Waals surface area contributed by atoms with Gasteiger partial charge < -0.3 is 10.6 Å². The molecule has 0 radical (unpaired) electrons. The van der Waals surface area contributed by atoms with Crippen molar-refractivity contribution < 1.29 is 4.79 Å². The van der Waals surface area contributed by atoms with E-state index in [2.05, 4.69) is 33.0 Å². The van der Waals surface area contributed by atoms with Crippen molar-refractivity contribution in [2.75, 3.05) is 10.6 Å². The average Bonchev–Trinajstić information content (AvgIpc) is 3.11. The van der Waals surface area contributed by atoms with E-state index in [0.29, 0.717) is 11.5 Å². The largest absolute Gasteiger partial charge is 0.323 e. The topological polar surface area (TPSA) is 84.7 Å². The first-order valence-electron chi connectivity index (χ1n) is 8.67. The zero-order chi connectivity index (χ0) is 18.4. The molecular formula is C19H22N6O. The Morgan fingerprint density at radius 3 is 2.58 bits per heavy atom. The second kappa shape index (κ2) is 8.24. The van der Waals surface area contributed by atoms with Crippen LogP contribution >= 0.6 is 0 Å². The molecule has 0 aliphatic carbocycles. The van der Waals surface area contributed by atoms with Gasteiger partial charge >= 0.3 is 6.03 Å². The molecule has 7 nitrogen and oxygen atoms in total. The molecule has 0 spiro atoms. The molecule has 0 atom stereocenters. The lowest BCUT2D eigenvalue weighted by atomic mass is 10.2. The summed E-state index contributed by atoms with van der Waals surface area (Å²) in [6.45, 7) is 4.84. The van der Waals surface area contributed by atoms with Crippen molar-refractivity contribution in [3.8, 4) is 11.4 Å². The number of unbranched alkanes of at least 4 members (excludes halogenated alkanes) is 1. The fraction of sp³-hybridized carbons (Fsp3) is 0.263. The molecule has 0 aliphatic heterocycles. The number of anilines is 2. The minimum atomic E-state index is -0.282. The molecule has 0 aliphatic rings. The summed E-state index contributed by atoms with van der Waals surface area (Å²) in [5.41, 5.74) is 3.35. The van der Waals surface area contributed by atoms with E-state index in [-0.39, 0.29) is 6.03 Å². The highest BCUT2D eigenvalue weighted by Gasteiger charge is 2.08. The number of amides is 2. The number of nitrogens with one attached hydrogen (secondary N) is 2. The van der Waals surface area contributed by atoms with E-state index in [1.807, 2.05) is 55.5 Å². The molecule has 0 saturated carbocycles. The Kier molecular flexibility index (Phi) is 5.58. The number of benzene rings is 2. The highest BCUT2D eigenvalue weighted by molar-refractivity contribution is 6.00. The first-order chi connectivity index (χ1) is 12.7. The highest BCUT2D eigenvalue weighted by Crippen LogP contribution is 2.18. The number of nitrogens with zero attached hydrogens (tertiary/aromatic N) is 4. The Balaban J connectivity index is 1.61. The van der Waals surface area contributed by atoms with Gasteiger partial charge in [0.15, 0.2) is 0 Å². The molecule has 134 valence electrons. The summed E-state index contributed by atoms with van der Waals surface area (Å²) in [6.07, 6.45) is 2.11. The van der Waals surface area contributed by atoms with Crippen LogP contribution < -0.4 is 10.6 Å². The van der Waals surface area contributed by atoms with Crippen LogP contribution in [-0.2, 0) is 6.54 Å². The van der Waals surface area contributed by atoms with Gasteiger partial charge in [-0.15, -0.1) is 10.2 Å². The van der Waals surface area contributed by atoms with E-state index >= 15 is 0 Å². The highest BCUT2D eigenvalue weighted by atomic mass is 16.2. The van der Waals surface area contributed by atoms with E-state index in [0.717, 1.165) is 36.2 Å². The van der Waals surface area contributed by atoms with E-state index in [1.165, 1.54) is 0 Å². The molecule has 2 N–H and O–H groups in total. The Hall–Kier alpha value is -3.22. The lowest BCUT2D eigenvalue weighted by molar-refractivity contribution is 0.262. The Bertz CT molecular complexity index is 872. The van der Waals surface area contributed by atoms with Gasteiger partial charge in [-0.25, -0.2) is 4.79 Å². The zero-order valence-corrected chi connectivity index (χ0v) is 14.9. The van der Waals surface area contributed by atoms with Gasteiger partial charge in [-0.3, -0.25) is 0 Å². The third kappa shape index (κ3) is 4.44. The number of para-hydroxylation sites is 1. The molecule has 1 aromatic heterocycles. The third-order valence-electron chi connectivity index (χ3n) is 3.96. The molecule has 0 unspecified atom stereocenters. The Morgan fingerprint density at radius 1 is 1.08 bits per heavy atom. The quantitative estimate of drug-likeness (QED) is 0.701. The zero-order valence-electron chi connectivity index (χ0n) is 14.9. The van der Waals surface area contributed by atoms with Crippen molar-refractivity contribution in [3.63, 3.8) is 0 Å². The van der Waals surface area contributed by atoms with Crippen LogP contribution in [0.1, 0.15) is 25.3 Å². The van der Waals surface area contributed by atoms with E-state index < -0.39 is 0 Å². The van der Waals surface area contributed by atoms with Crippen LogP contribution in [0, 0.1) is 6.92 Å². The van der Waals surface area contributed by atoms with Gasteiger partial charge in [-0.1, -0.05) is 31.5 Å². The molecule has 7 heteroatoms. The normalized spacial score (nSPS) is 10.5. The second-order valence-electron chi connectivity index (χ2n) is 6.03. The number of aromatic nitrogens is 4. The monoisotopic (exact) mass is 350 g/mol. The first kappa shape index (κ1) is 17.6. The SMILES string of the molecule is CCCCn1nnc(-c2ccc(NC(=O)Nc3ccccc3C)cc2)n1. The fourth-order valence-corrected chi connectivity index (χ4v) is 2.45. The number of hydrogen-bond donors (Lipinski definition) is 2. The van der Waals surface area contributed by atoms with Crippen molar-refractivity contribution in [1.29, 1.82) is 0 Å². The lowest BCUT2D eigenvalue weighted by Gasteiger charge is -2.09. The number of carbonyl (C=O) groups excluding carboxylic acids is 1. The predicted molar refractivity (Wildman–Crippen MR) is 102 cm³/mol. The first-order valence-corrected chi connectivity index (χ1v) is 8.67. The average molecular weight is 350 g/mol. The maximum absolute atomic E-state index is 12.1. The summed E-state index contributed by atoms with van der Waals surface area (Å²) in [7, 11) is 0. The molecule has 2 aromatic carbocycles. The molecule has 3 aromatic rings. The molecule has 26 heavy (non-hydrogen) atoms. The predicted octanol–water partition coefficient (Wildman–Crippen LogP) is 4.09. The van der Waals surface area contributed by atoms with Crippen LogP contribution in [-0.4, -0.2) is 26.2 Å². The van der Waals surface area contributed by atoms with Crippen molar-refractivity contribution in [3.05, 3.63) is 54.1 Å². The van der Waals surface area contributed by atoms with Gasteiger partial charge in [0.2, 0.25) is 5.82 Å². The Labute approximate surface area is 152 Å². The molecule has 0 fully saturated rings. The van der Waals surface area contributed by atoms with Crippen LogP contribution in [0.3, 0.4) is 0 Å². The molecular weight excluding hydrogens is 328 g/mol. The van der Waals surface area contributed by atoms with Crippen LogP contribution in [0.4, 0.5) is 16.2 Å². The lowest BCUT2D eigenvalue weighted by Crippen LogP contribution is -2.19. The summed E-state index contributed by atoms with van der Waals surface area (Å²) >= 11 is 0. The minimum Gasteiger partial charge on any atom is -0.308 e. The molecule has 0 bridgehead atoms. The van der Waals surface area contributed by atoms with Gasteiger partial charge in [0.25, 0.3) is 0 Å². The van der Waals surface area contributed by atoms with Crippen LogP contribution in [0.5, 0.6) is 0 Å². The van der Waals surface area contributed by atoms with E-state index in [1.54, 1.807) is 4.80 Å². The number of hydrogen-bond acceptors (Lipinski definition) is 4. The molecule has 1 heterocycles. The fourth-order valence-electron chi connectivity index (χ4n) is 2.45. The van der Waals surface area contributed by atoms with Crippen molar-refractivity contribution >= 4 is 17.4 Å². The minimum absolute atomic E-state index is 0.282. The molecule has 0 saturated heterocycles. The van der Waals surface area contributed by atoms with Gasteiger partial charge in [0.05, 0.1) is 6.54 Å². The number of urea groups is 1. The maximum atomic E-state index is 12.1. The summed E-state index contributed by atoms with van der Waals surface area (Å²) in [5, 5.41) is 18.2. The number of rotatable bonds is 6. The van der Waals surface area contributed by atoms with Crippen LogP contribution in [0.2, 0.25) is 0 Å². The van der Waals surface area contributed by atoms with Crippen molar-refractivity contribution in [2.24, 2.45) is 0 Å². The molecule has 3 rings (SSSR count). The van der Waals surface area contributed by atoms with Crippen LogP contribution in [0.15, 0.2) is 48.5 Å². The van der Waals surface area contributed by atoms with Crippen LogP contribution in [0.25, 0.3) is 11.4 Å². The smallest absolute Gasteiger partial charge is 0.308 e. The van der Waals surface area contributed by atoms with Gasteiger partial charge in [0, 0.05) is 16.9 Å². The summed E-state index contributed by atoms with van der Waals surface area (Å²) in [5.74, 6) is 0.581. The van der Waals surface area contributed by atoms with E-state index in [9.17, 15) is 4.79 Å². The Morgan fingerprint density at radius 2 is 1.85 bits per heavy atom. The maximum Gasteiger partial charge on any atom is 0.323 e. The van der Waals surface area contributed by atoms with Gasteiger partial charge in [-0.05, 0) is 54.5 Å². The van der Waals surface area contributed by atoms with E-state index in [4.69, 9.17) is 0 Å².